The zero-order valence-electron chi connectivity index (χ0n) is 8.77. The Balaban J connectivity index is 0.00000112. The highest BCUT2D eigenvalue weighted by Gasteiger charge is 2.10. The predicted molar refractivity (Wildman–Crippen MR) is 65.3 cm³/mol. The molecule has 80 valence electrons. The third-order valence-corrected chi connectivity index (χ3v) is 2.27. The first-order valence-electron chi connectivity index (χ1n) is 4.69. The second-order valence-electron chi connectivity index (χ2n) is 3.65. The molecule has 2 N–H and O–H groups in total. The Hall–Kier alpha value is -1.35. The molecule has 2 heterocycles. The van der Waals surface area contributed by atoms with Gasteiger partial charge in [0.15, 0.2) is 0 Å². The van der Waals surface area contributed by atoms with E-state index in [4.69, 9.17) is 5.73 Å². The molecule has 0 aliphatic heterocycles. The van der Waals surface area contributed by atoms with Crippen LogP contribution < -0.4 is 5.73 Å². The fourth-order valence-corrected chi connectivity index (χ4v) is 1.66. The molecule has 0 fully saturated rings. The number of rotatable bonds is 1. The zero-order valence-corrected chi connectivity index (χ0v) is 9.58. The average molecular weight is 224 g/mol. The van der Waals surface area contributed by atoms with E-state index in [-0.39, 0.29) is 12.4 Å². The third kappa shape index (κ3) is 2.02. The van der Waals surface area contributed by atoms with Crippen LogP contribution in [0.3, 0.4) is 0 Å². The zero-order chi connectivity index (χ0) is 10.1. The average Bonchev–Trinajstić information content (AvgIpc) is 2.17. The van der Waals surface area contributed by atoms with Crippen molar-refractivity contribution >= 4 is 29.1 Å². The van der Waals surface area contributed by atoms with E-state index in [1.807, 2.05) is 12.1 Å². The van der Waals surface area contributed by atoms with Gasteiger partial charge in [0, 0.05) is 11.8 Å². The first-order chi connectivity index (χ1) is 6.70. The number of aromatic nitrogens is 2. The molecule has 2 rings (SSSR count). The highest BCUT2D eigenvalue weighted by atomic mass is 35.5. The monoisotopic (exact) mass is 223 g/mol. The lowest BCUT2D eigenvalue weighted by atomic mass is 10.0. The summed E-state index contributed by atoms with van der Waals surface area (Å²) in [6.45, 7) is 4.22. The Labute approximate surface area is 95.1 Å². The van der Waals surface area contributed by atoms with Crippen molar-refractivity contribution < 1.29 is 0 Å². The number of fused-ring (bicyclic) bond motifs is 1. The minimum Gasteiger partial charge on any atom is -0.397 e. The number of hydrogen-bond acceptors (Lipinski definition) is 3. The first kappa shape index (κ1) is 11.7. The van der Waals surface area contributed by atoms with Crippen molar-refractivity contribution in [2.75, 3.05) is 5.73 Å². The van der Waals surface area contributed by atoms with Gasteiger partial charge in [-0.05, 0) is 18.1 Å². The summed E-state index contributed by atoms with van der Waals surface area (Å²) in [6, 6.07) is 3.84. The quantitative estimate of drug-likeness (QED) is 0.809. The van der Waals surface area contributed by atoms with E-state index in [2.05, 4.69) is 23.8 Å². The van der Waals surface area contributed by atoms with E-state index < -0.39 is 0 Å². The van der Waals surface area contributed by atoms with Gasteiger partial charge in [0.1, 0.15) is 0 Å². The van der Waals surface area contributed by atoms with E-state index in [0.29, 0.717) is 5.92 Å². The van der Waals surface area contributed by atoms with Gasteiger partial charge in [0.25, 0.3) is 0 Å². The van der Waals surface area contributed by atoms with Crippen LogP contribution in [0.1, 0.15) is 25.3 Å². The van der Waals surface area contributed by atoms with Gasteiger partial charge >= 0.3 is 0 Å². The topological polar surface area (TPSA) is 51.8 Å². The Bertz CT molecular complexity index is 468. The molecule has 0 atom stereocenters. The summed E-state index contributed by atoms with van der Waals surface area (Å²) in [4.78, 5) is 8.56. The SMILES string of the molecule is CC(C)c1c(N)cnc2cccnc12.Cl. The Morgan fingerprint density at radius 1 is 1.27 bits per heavy atom. The standard InChI is InChI=1S/C11H13N3.ClH/c1-7(2)10-8(12)6-14-9-4-3-5-13-11(9)10;/h3-7H,12H2,1-2H3;1H. The predicted octanol–water partition coefficient (Wildman–Crippen LogP) is 2.76. The lowest BCUT2D eigenvalue weighted by Gasteiger charge is -2.11. The maximum Gasteiger partial charge on any atom is 0.0941 e. The largest absolute Gasteiger partial charge is 0.397 e. The second kappa shape index (κ2) is 4.45. The summed E-state index contributed by atoms with van der Waals surface area (Å²) < 4.78 is 0. The Kier molecular flexibility index (Phi) is 3.48. The van der Waals surface area contributed by atoms with Crippen LogP contribution in [0.25, 0.3) is 11.0 Å². The van der Waals surface area contributed by atoms with Crippen LogP contribution in [0, 0.1) is 0 Å². The van der Waals surface area contributed by atoms with E-state index in [0.717, 1.165) is 22.3 Å². The summed E-state index contributed by atoms with van der Waals surface area (Å²) in [5, 5.41) is 0. The van der Waals surface area contributed by atoms with E-state index in [1.165, 1.54) is 0 Å². The van der Waals surface area contributed by atoms with Gasteiger partial charge in [-0.15, -0.1) is 12.4 Å². The van der Waals surface area contributed by atoms with Crippen molar-refractivity contribution in [3.05, 3.63) is 30.1 Å². The molecule has 0 aromatic carbocycles. The third-order valence-electron chi connectivity index (χ3n) is 2.27. The Morgan fingerprint density at radius 2 is 2.00 bits per heavy atom. The number of nitrogens with zero attached hydrogens (tertiary/aromatic N) is 2. The summed E-state index contributed by atoms with van der Waals surface area (Å²) in [7, 11) is 0. The molecule has 2 aromatic rings. The molecule has 0 saturated carbocycles. The van der Waals surface area contributed by atoms with Gasteiger partial charge < -0.3 is 5.73 Å². The molecule has 0 aliphatic carbocycles. The molecule has 0 spiro atoms. The van der Waals surface area contributed by atoms with Crippen LogP contribution >= 0.6 is 12.4 Å². The van der Waals surface area contributed by atoms with Crippen LogP contribution in [-0.4, -0.2) is 9.97 Å². The van der Waals surface area contributed by atoms with E-state index in [9.17, 15) is 0 Å². The fourth-order valence-electron chi connectivity index (χ4n) is 1.66. The van der Waals surface area contributed by atoms with Gasteiger partial charge in [-0.3, -0.25) is 9.97 Å². The molecule has 3 nitrogen and oxygen atoms in total. The van der Waals surface area contributed by atoms with Crippen molar-refractivity contribution in [2.45, 2.75) is 19.8 Å². The molecule has 0 saturated heterocycles. The van der Waals surface area contributed by atoms with Crippen molar-refractivity contribution in [1.29, 1.82) is 0 Å². The van der Waals surface area contributed by atoms with Gasteiger partial charge in [0.05, 0.1) is 22.9 Å². The normalized spacial score (nSPS) is 10.3. The van der Waals surface area contributed by atoms with Crippen molar-refractivity contribution in [2.24, 2.45) is 0 Å². The molecular weight excluding hydrogens is 210 g/mol. The number of pyridine rings is 2. The molecule has 0 radical (unpaired) electrons. The molecule has 0 unspecified atom stereocenters. The van der Waals surface area contributed by atoms with E-state index >= 15 is 0 Å². The molecule has 15 heavy (non-hydrogen) atoms. The summed E-state index contributed by atoms with van der Waals surface area (Å²) in [5.41, 5.74) is 9.53. The minimum absolute atomic E-state index is 0. The maximum atomic E-state index is 5.89. The van der Waals surface area contributed by atoms with Gasteiger partial charge in [-0.2, -0.15) is 0 Å². The molecular formula is C11H14ClN3. The lowest BCUT2D eigenvalue weighted by Crippen LogP contribution is -2.00. The fraction of sp³-hybridized carbons (Fsp3) is 0.273. The summed E-state index contributed by atoms with van der Waals surface area (Å²) >= 11 is 0. The second-order valence-corrected chi connectivity index (χ2v) is 3.65. The van der Waals surface area contributed by atoms with E-state index in [1.54, 1.807) is 12.4 Å². The number of halogens is 1. The van der Waals surface area contributed by atoms with Crippen LogP contribution in [0.15, 0.2) is 24.5 Å². The van der Waals surface area contributed by atoms with Gasteiger partial charge in [-0.1, -0.05) is 13.8 Å². The maximum absolute atomic E-state index is 5.89. The smallest absolute Gasteiger partial charge is 0.0941 e. The molecule has 2 aromatic heterocycles. The Morgan fingerprint density at radius 3 is 2.67 bits per heavy atom. The number of anilines is 1. The number of hydrogen-bond donors (Lipinski definition) is 1. The molecule has 0 aliphatic rings. The lowest BCUT2D eigenvalue weighted by molar-refractivity contribution is 0.874. The van der Waals surface area contributed by atoms with Crippen LogP contribution in [-0.2, 0) is 0 Å². The number of nitrogens with two attached hydrogens (primary N) is 1. The molecule has 4 heteroatoms. The highest BCUT2D eigenvalue weighted by molar-refractivity contribution is 5.85. The van der Waals surface area contributed by atoms with Crippen molar-refractivity contribution in [1.82, 2.24) is 9.97 Å². The van der Waals surface area contributed by atoms with Gasteiger partial charge in [-0.25, -0.2) is 0 Å². The molecule has 0 amide bonds. The van der Waals surface area contributed by atoms with Gasteiger partial charge in [0.2, 0.25) is 0 Å². The van der Waals surface area contributed by atoms with Crippen LogP contribution in [0.4, 0.5) is 5.69 Å². The van der Waals surface area contributed by atoms with Crippen LogP contribution in [0.2, 0.25) is 0 Å². The van der Waals surface area contributed by atoms with Crippen molar-refractivity contribution in [3.63, 3.8) is 0 Å². The minimum atomic E-state index is 0. The summed E-state index contributed by atoms with van der Waals surface area (Å²) in [6.07, 6.45) is 3.48. The van der Waals surface area contributed by atoms with Crippen molar-refractivity contribution in [3.8, 4) is 0 Å². The molecule has 0 bridgehead atoms. The number of nitrogen functional groups attached to an aromatic ring is 1. The van der Waals surface area contributed by atoms with Crippen LogP contribution in [0.5, 0.6) is 0 Å². The highest BCUT2D eigenvalue weighted by Crippen LogP contribution is 2.27. The summed E-state index contributed by atoms with van der Waals surface area (Å²) in [5.74, 6) is 0.371. The first-order valence-corrected chi connectivity index (χ1v) is 4.69.